The molecule has 0 saturated heterocycles. The molecule has 2 aromatic carbocycles. The minimum absolute atomic E-state index is 0.131. The zero-order valence-corrected chi connectivity index (χ0v) is 14.8. The summed E-state index contributed by atoms with van der Waals surface area (Å²) in [6.45, 7) is 2.24. The Hall–Kier alpha value is -3.29. The number of rotatable bonds is 8. The van der Waals surface area contributed by atoms with E-state index < -0.39 is 10.8 Å². The molecule has 2 rings (SSSR count). The molecule has 0 aliphatic rings. The van der Waals surface area contributed by atoms with Crippen LogP contribution >= 0.6 is 0 Å². The van der Waals surface area contributed by atoms with Gasteiger partial charge in [0, 0.05) is 24.2 Å². The summed E-state index contributed by atoms with van der Waals surface area (Å²) in [7, 11) is 3.08. The predicted molar refractivity (Wildman–Crippen MR) is 95.0 cm³/mol. The third-order valence-corrected chi connectivity index (χ3v) is 3.58. The van der Waals surface area contributed by atoms with Crippen LogP contribution in [0.4, 0.5) is 5.69 Å². The van der Waals surface area contributed by atoms with Crippen molar-refractivity contribution in [2.24, 2.45) is 0 Å². The van der Waals surface area contributed by atoms with Crippen LogP contribution in [0.25, 0.3) is 0 Å². The number of amides is 1. The fourth-order valence-corrected chi connectivity index (χ4v) is 2.33. The lowest BCUT2D eigenvalue weighted by Crippen LogP contribution is -2.23. The van der Waals surface area contributed by atoms with Gasteiger partial charge in [-0.2, -0.15) is 0 Å². The van der Waals surface area contributed by atoms with Crippen LogP contribution in [0, 0.1) is 10.1 Å². The number of carbonyl (C=O) groups is 1. The van der Waals surface area contributed by atoms with Crippen molar-refractivity contribution < 1.29 is 23.9 Å². The summed E-state index contributed by atoms with van der Waals surface area (Å²) in [6, 6.07) is 9.37. The Bertz CT molecular complexity index is 784. The van der Waals surface area contributed by atoms with Gasteiger partial charge in [-0.25, -0.2) is 0 Å². The second-order valence-electron chi connectivity index (χ2n) is 5.28. The molecule has 8 nitrogen and oxygen atoms in total. The highest BCUT2D eigenvalue weighted by molar-refractivity contribution is 5.95. The van der Waals surface area contributed by atoms with E-state index in [0.717, 1.165) is 5.56 Å². The highest BCUT2D eigenvalue weighted by Gasteiger charge is 2.18. The second-order valence-corrected chi connectivity index (χ2v) is 5.28. The van der Waals surface area contributed by atoms with Gasteiger partial charge in [-0.3, -0.25) is 14.9 Å². The highest BCUT2D eigenvalue weighted by Crippen LogP contribution is 2.28. The second kappa shape index (κ2) is 8.70. The molecule has 0 bridgehead atoms. The molecule has 0 radical (unpaired) electrons. The molecular formula is C18H20N2O6. The first-order valence-corrected chi connectivity index (χ1v) is 7.89. The van der Waals surface area contributed by atoms with Crippen molar-refractivity contribution in [3.05, 3.63) is 57.6 Å². The van der Waals surface area contributed by atoms with Gasteiger partial charge in [-0.1, -0.05) is 0 Å². The monoisotopic (exact) mass is 360 g/mol. The highest BCUT2D eigenvalue weighted by atomic mass is 16.6. The molecule has 0 spiro atoms. The Balaban J connectivity index is 2.15. The molecular weight excluding hydrogens is 340 g/mol. The number of nitrogens with one attached hydrogen (secondary N) is 1. The van der Waals surface area contributed by atoms with Crippen molar-refractivity contribution in [2.75, 3.05) is 20.8 Å². The lowest BCUT2D eigenvalue weighted by Gasteiger charge is -2.10. The fraction of sp³-hybridized carbons (Fsp3) is 0.278. The Labute approximate surface area is 150 Å². The molecule has 0 aliphatic heterocycles. The van der Waals surface area contributed by atoms with Gasteiger partial charge in [0.1, 0.15) is 11.5 Å². The summed E-state index contributed by atoms with van der Waals surface area (Å²) in [5, 5.41) is 13.9. The van der Waals surface area contributed by atoms with Crippen molar-refractivity contribution in [1.82, 2.24) is 5.32 Å². The van der Waals surface area contributed by atoms with Crippen LogP contribution < -0.4 is 19.5 Å². The van der Waals surface area contributed by atoms with Crippen LogP contribution in [0.15, 0.2) is 36.4 Å². The Morgan fingerprint density at radius 2 is 1.77 bits per heavy atom. The van der Waals surface area contributed by atoms with Gasteiger partial charge >= 0.3 is 5.69 Å². The molecule has 138 valence electrons. The first-order valence-electron chi connectivity index (χ1n) is 7.89. The van der Waals surface area contributed by atoms with Crippen molar-refractivity contribution in [2.45, 2.75) is 13.5 Å². The summed E-state index contributed by atoms with van der Waals surface area (Å²) in [4.78, 5) is 22.9. The van der Waals surface area contributed by atoms with E-state index in [9.17, 15) is 14.9 Å². The van der Waals surface area contributed by atoms with Crippen LogP contribution in [0.2, 0.25) is 0 Å². The summed E-state index contributed by atoms with van der Waals surface area (Å²) < 4.78 is 15.6. The van der Waals surface area contributed by atoms with Crippen molar-refractivity contribution in [1.29, 1.82) is 0 Å². The third-order valence-electron chi connectivity index (χ3n) is 3.58. The SMILES string of the molecule is CCOc1ccc(C(=O)NCc2cc(OC)cc(OC)c2)cc1[N+](=O)[O-]. The van der Waals surface area contributed by atoms with Gasteiger partial charge in [0.2, 0.25) is 0 Å². The molecule has 8 heteroatoms. The summed E-state index contributed by atoms with van der Waals surface area (Å²) in [5.74, 6) is 0.903. The lowest BCUT2D eigenvalue weighted by atomic mass is 10.1. The number of nitro benzene ring substituents is 1. The van der Waals surface area contributed by atoms with Crippen LogP contribution in [-0.2, 0) is 6.54 Å². The van der Waals surface area contributed by atoms with E-state index in [1.54, 1.807) is 25.1 Å². The Morgan fingerprint density at radius 3 is 2.31 bits per heavy atom. The number of hydrogen-bond acceptors (Lipinski definition) is 6. The van der Waals surface area contributed by atoms with Crippen molar-refractivity contribution >= 4 is 11.6 Å². The molecule has 0 heterocycles. The molecule has 0 aromatic heterocycles. The average molecular weight is 360 g/mol. The smallest absolute Gasteiger partial charge is 0.311 e. The van der Waals surface area contributed by atoms with E-state index >= 15 is 0 Å². The summed E-state index contributed by atoms with van der Waals surface area (Å²) in [5.41, 5.74) is 0.701. The summed E-state index contributed by atoms with van der Waals surface area (Å²) in [6.07, 6.45) is 0. The van der Waals surface area contributed by atoms with E-state index in [2.05, 4.69) is 5.32 Å². The fourth-order valence-electron chi connectivity index (χ4n) is 2.33. The maximum Gasteiger partial charge on any atom is 0.311 e. The number of ether oxygens (including phenoxy) is 3. The molecule has 1 amide bonds. The van der Waals surface area contributed by atoms with Gasteiger partial charge in [0.15, 0.2) is 5.75 Å². The number of nitro groups is 1. The van der Waals surface area contributed by atoms with Gasteiger partial charge in [0.25, 0.3) is 5.91 Å². The average Bonchev–Trinajstić information content (AvgIpc) is 2.66. The minimum Gasteiger partial charge on any atom is -0.497 e. The Morgan fingerprint density at radius 1 is 1.12 bits per heavy atom. The van der Waals surface area contributed by atoms with Gasteiger partial charge in [-0.15, -0.1) is 0 Å². The number of carbonyl (C=O) groups excluding carboxylic acids is 1. The maximum absolute atomic E-state index is 12.3. The van der Waals surface area contributed by atoms with Crippen molar-refractivity contribution in [3.8, 4) is 17.2 Å². The van der Waals surface area contributed by atoms with E-state index in [1.807, 2.05) is 0 Å². The number of hydrogen-bond donors (Lipinski definition) is 1. The normalized spacial score (nSPS) is 10.1. The molecule has 0 fully saturated rings. The first kappa shape index (κ1) is 19.0. The lowest BCUT2D eigenvalue weighted by molar-refractivity contribution is -0.385. The molecule has 1 N–H and O–H groups in total. The zero-order chi connectivity index (χ0) is 19.1. The molecule has 26 heavy (non-hydrogen) atoms. The molecule has 0 atom stereocenters. The topological polar surface area (TPSA) is 99.9 Å². The third kappa shape index (κ3) is 4.62. The van der Waals surface area contributed by atoms with Crippen LogP contribution in [0.3, 0.4) is 0 Å². The molecule has 0 unspecified atom stereocenters. The van der Waals surface area contributed by atoms with E-state index in [0.29, 0.717) is 18.1 Å². The Kier molecular flexibility index (Phi) is 6.37. The predicted octanol–water partition coefficient (Wildman–Crippen LogP) is 2.94. The van der Waals surface area contributed by atoms with E-state index in [-0.39, 0.29) is 23.5 Å². The van der Waals surface area contributed by atoms with Crippen LogP contribution in [-0.4, -0.2) is 31.7 Å². The van der Waals surface area contributed by atoms with Crippen LogP contribution in [0.5, 0.6) is 17.2 Å². The quantitative estimate of drug-likeness (QED) is 0.574. The molecule has 2 aromatic rings. The van der Waals surface area contributed by atoms with E-state index in [4.69, 9.17) is 14.2 Å². The van der Waals surface area contributed by atoms with E-state index in [1.165, 1.54) is 32.4 Å². The molecule has 0 saturated carbocycles. The number of methoxy groups -OCH3 is 2. The largest absolute Gasteiger partial charge is 0.497 e. The van der Waals surface area contributed by atoms with Gasteiger partial charge in [-0.05, 0) is 36.8 Å². The van der Waals surface area contributed by atoms with Crippen molar-refractivity contribution in [3.63, 3.8) is 0 Å². The van der Waals surface area contributed by atoms with Crippen LogP contribution in [0.1, 0.15) is 22.8 Å². The minimum atomic E-state index is -0.575. The summed E-state index contributed by atoms with van der Waals surface area (Å²) >= 11 is 0. The van der Waals surface area contributed by atoms with Gasteiger partial charge < -0.3 is 19.5 Å². The number of nitrogens with zero attached hydrogens (tertiary/aromatic N) is 1. The zero-order valence-electron chi connectivity index (χ0n) is 14.8. The number of benzene rings is 2. The first-order chi connectivity index (χ1) is 12.5. The van der Waals surface area contributed by atoms with Gasteiger partial charge in [0.05, 0.1) is 25.7 Å². The standard InChI is InChI=1S/C18H20N2O6/c1-4-26-17-6-5-13(9-16(17)20(22)23)18(21)19-11-12-7-14(24-2)10-15(8-12)25-3/h5-10H,4,11H2,1-3H3,(H,19,21). The molecule has 0 aliphatic carbocycles. The maximum atomic E-state index is 12.3.